The summed E-state index contributed by atoms with van der Waals surface area (Å²) in [5.41, 5.74) is 0.859. The van der Waals surface area contributed by atoms with Gasteiger partial charge in [-0.2, -0.15) is 0 Å². The van der Waals surface area contributed by atoms with Gasteiger partial charge in [0.05, 0.1) is 14.8 Å². The van der Waals surface area contributed by atoms with E-state index in [9.17, 15) is 13.2 Å². The minimum Gasteiger partial charge on any atom is -0.405 e. The lowest BCUT2D eigenvalue weighted by molar-refractivity contribution is -0.274. The van der Waals surface area contributed by atoms with Gasteiger partial charge in [-0.1, -0.05) is 12.1 Å². The van der Waals surface area contributed by atoms with Gasteiger partial charge >= 0.3 is 6.36 Å². The smallest absolute Gasteiger partial charge is 0.405 e. The number of rotatable bonds is 3. The number of nitrogens with one attached hydrogen (secondary N) is 1. The van der Waals surface area contributed by atoms with Crippen LogP contribution in [0, 0.1) is 10.5 Å². The third-order valence-corrected chi connectivity index (χ3v) is 3.90. The fourth-order valence-corrected chi connectivity index (χ4v) is 2.22. The highest BCUT2D eigenvalue weighted by molar-refractivity contribution is 14.1. The third kappa shape index (κ3) is 3.74. The Kier molecular flexibility index (Phi) is 4.55. The predicted octanol–water partition coefficient (Wildman–Crippen LogP) is 4.00. The Bertz CT molecular complexity index is 662. The summed E-state index contributed by atoms with van der Waals surface area (Å²) in [5.74, 6) is 0.407. The van der Waals surface area contributed by atoms with E-state index in [1.54, 1.807) is 20.0 Å². The number of aryl methyl sites for hydroxylation is 1. The number of benzene rings is 1. The van der Waals surface area contributed by atoms with Crippen LogP contribution in [-0.4, -0.2) is 23.4 Å². The van der Waals surface area contributed by atoms with Gasteiger partial charge in [-0.15, -0.1) is 13.2 Å². The van der Waals surface area contributed by atoms with E-state index in [1.165, 1.54) is 18.2 Å². The SMILES string of the molecule is CNc1nc(-c2ccccc2OC(F)(F)F)nc(C)c1I. The van der Waals surface area contributed by atoms with Crippen molar-refractivity contribution in [3.8, 4) is 17.1 Å². The molecular weight excluding hydrogens is 398 g/mol. The van der Waals surface area contributed by atoms with Crippen molar-refractivity contribution < 1.29 is 17.9 Å². The quantitative estimate of drug-likeness (QED) is 0.779. The Balaban J connectivity index is 2.55. The van der Waals surface area contributed by atoms with Crippen molar-refractivity contribution in [2.75, 3.05) is 12.4 Å². The predicted molar refractivity (Wildman–Crippen MR) is 81.2 cm³/mol. The number of hydrogen-bond acceptors (Lipinski definition) is 4. The molecule has 1 aromatic heterocycles. The Morgan fingerprint density at radius 3 is 2.48 bits per heavy atom. The molecule has 0 aliphatic carbocycles. The second-order valence-electron chi connectivity index (χ2n) is 4.09. The maximum atomic E-state index is 12.4. The average molecular weight is 409 g/mol. The van der Waals surface area contributed by atoms with Crippen molar-refractivity contribution in [1.29, 1.82) is 0 Å². The molecule has 1 aromatic carbocycles. The average Bonchev–Trinajstić information content (AvgIpc) is 2.40. The van der Waals surface area contributed by atoms with Crippen LogP contribution in [0.25, 0.3) is 11.4 Å². The summed E-state index contributed by atoms with van der Waals surface area (Å²) in [7, 11) is 1.69. The zero-order chi connectivity index (χ0) is 15.6. The van der Waals surface area contributed by atoms with E-state index in [1.807, 2.05) is 0 Å². The van der Waals surface area contributed by atoms with E-state index in [2.05, 4.69) is 42.6 Å². The number of halogens is 4. The van der Waals surface area contributed by atoms with Gasteiger partial charge in [0.15, 0.2) is 5.82 Å². The van der Waals surface area contributed by atoms with Gasteiger partial charge in [0.2, 0.25) is 0 Å². The van der Waals surface area contributed by atoms with Crippen LogP contribution in [0.5, 0.6) is 5.75 Å². The Hall–Kier alpha value is -1.58. The largest absolute Gasteiger partial charge is 0.573 e. The first kappa shape index (κ1) is 15.8. The normalized spacial score (nSPS) is 11.3. The second kappa shape index (κ2) is 6.04. The van der Waals surface area contributed by atoms with Crippen LogP contribution in [0.2, 0.25) is 0 Å². The molecule has 2 aromatic rings. The molecule has 1 heterocycles. The molecule has 2 rings (SSSR count). The molecule has 4 nitrogen and oxygen atoms in total. The number of para-hydroxylation sites is 1. The molecule has 1 N–H and O–H groups in total. The summed E-state index contributed by atoms with van der Waals surface area (Å²) < 4.78 is 42.2. The van der Waals surface area contributed by atoms with Crippen LogP contribution in [-0.2, 0) is 0 Å². The minimum absolute atomic E-state index is 0.178. The van der Waals surface area contributed by atoms with Crippen LogP contribution >= 0.6 is 22.6 Å². The fourth-order valence-electron chi connectivity index (χ4n) is 1.71. The van der Waals surface area contributed by atoms with Crippen molar-refractivity contribution in [2.45, 2.75) is 13.3 Å². The summed E-state index contributed by atoms with van der Waals surface area (Å²) in [6.07, 6.45) is -4.76. The summed E-state index contributed by atoms with van der Waals surface area (Å²) in [6, 6.07) is 5.79. The molecule has 0 fully saturated rings. The molecule has 0 saturated heterocycles. The fraction of sp³-hybridized carbons (Fsp3) is 0.231. The molecule has 0 bridgehead atoms. The van der Waals surface area contributed by atoms with Crippen LogP contribution < -0.4 is 10.1 Å². The second-order valence-corrected chi connectivity index (χ2v) is 5.17. The van der Waals surface area contributed by atoms with E-state index in [0.29, 0.717) is 11.5 Å². The summed E-state index contributed by atoms with van der Waals surface area (Å²) in [4.78, 5) is 8.47. The van der Waals surface area contributed by atoms with Crippen molar-refractivity contribution >= 4 is 28.4 Å². The van der Waals surface area contributed by atoms with Gasteiger partial charge in [-0.25, -0.2) is 9.97 Å². The standard InChI is InChI=1S/C13H11F3IN3O/c1-7-10(17)12(18-2)20-11(19-7)8-5-3-4-6-9(8)21-13(14,15)16/h3-6H,1-2H3,(H,18,19,20). The summed E-state index contributed by atoms with van der Waals surface area (Å²) in [5, 5.41) is 2.89. The van der Waals surface area contributed by atoms with E-state index in [0.717, 1.165) is 3.57 Å². The van der Waals surface area contributed by atoms with Crippen molar-refractivity contribution in [1.82, 2.24) is 9.97 Å². The summed E-state index contributed by atoms with van der Waals surface area (Å²) in [6.45, 7) is 1.76. The van der Waals surface area contributed by atoms with Gasteiger partial charge in [-0.3, -0.25) is 0 Å². The number of hydrogen-bond donors (Lipinski definition) is 1. The number of aromatic nitrogens is 2. The van der Waals surface area contributed by atoms with Crippen molar-refractivity contribution in [3.05, 3.63) is 33.5 Å². The van der Waals surface area contributed by atoms with Gasteiger partial charge in [-0.05, 0) is 41.6 Å². The Morgan fingerprint density at radius 1 is 1.19 bits per heavy atom. The molecule has 0 unspecified atom stereocenters. The number of ether oxygens (including phenoxy) is 1. The molecule has 0 amide bonds. The van der Waals surface area contributed by atoms with Gasteiger partial charge in [0.1, 0.15) is 11.6 Å². The highest BCUT2D eigenvalue weighted by Crippen LogP contribution is 2.33. The first-order valence-corrected chi connectivity index (χ1v) is 6.96. The highest BCUT2D eigenvalue weighted by Gasteiger charge is 2.32. The van der Waals surface area contributed by atoms with Crippen molar-refractivity contribution in [2.24, 2.45) is 0 Å². The molecule has 8 heteroatoms. The number of alkyl halides is 3. The van der Waals surface area contributed by atoms with E-state index in [-0.39, 0.29) is 17.1 Å². The molecule has 0 aliphatic heterocycles. The zero-order valence-corrected chi connectivity index (χ0v) is 13.3. The monoisotopic (exact) mass is 409 g/mol. The molecule has 0 aliphatic rings. The van der Waals surface area contributed by atoms with E-state index < -0.39 is 6.36 Å². The first-order valence-electron chi connectivity index (χ1n) is 5.89. The molecule has 0 spiro atoms. The first-order chi connectivity index (χ1) is 9.81. The third-order valence-electron chi connectivity index (χ3n) is 2.61. The maximum Gasteiger partial charge on any atom is 0.573 e. The topological polar surface area (TPSA) is 47.0 Å². The highest BCUT2D eigenvalue weighted by atomic mass is 127. The molecule has 0 atom stereocenters. The lowest BCUT2D eigenvalue weighted by Crippen LogP contribution is -2.17. The summed E-state index contributed by atoms with van der Waals surface area (Å²) >= 11 is 2.07. The lowest BCUT2D eigenvalue weighted by atomic mass is 10.2. The van der Waals surface area contributed by atoms with Crippen LogP contribution in [0.3, 0.4) is 0 Å². The van der Waals surface area contributed by atoms with E-state index in [4.69, 9.17) is 0 Å². The van der Waals surface area contributed by atoms with Crippen LogP contribution in [0.4, 0.5) is 19.0 Å². The van der Waals surface area contributed by atoms with Gasteiger partial charge < -0.3 is 10.1 Å². The minimum atomic E-state index is -4.76. The molecule has 0 saturated carbocycles. The molecule has 112 valence electrons. The van der Waals surface area contributed by atoms with Gasteiger partial charge in [0.25, 0.3) is 0 Å². The lowest BCUT2D eigenvalue weighted by Gasteiger charge is -2.14. The van der Waals surface area contributed by atoms with Gasteiger partial charge in [0, 0.05) is 7.05 Å². The van der Waals surface area contributed by atoms with Crippen molar-refractivity contribution in [3.63, 3.8) is 0 Å². The number of nitrogens with zero attached hydrogens (tertiary/aromatic N) is 2. The molecule has 21 heavy (non-hydrogen) atoms. The molecular formula is C13H11F3IN3O. The maximum absolute atomic E-state index is 12.4. The zero-order valence-electron chi connectivity index (χ0n) is 11.1. The van der Waals surface area contributed by atoms with E-state index >= 15 is 0 Å². The molecule has 0 radical (unpaired) electrons. The Morgan fingerprint density at radius 2 is 1.86 bits per heavy atom. The van der Waals surface area contributed by atoms with Crippen LogP contribution in [0.1, 0.15) is 5.69 Å². The van der Waals surface area contributed by atoms with Crippen LogP contribution in [0.15, 0.2) is 24.3 Å². The Labute approximate surface area is 132 Å². The number of anilines is 1.